The second-order valence-corrected chi connectivity index (χ2v) is 1.15. The lowest BCUT2D eigenvalue weighted by Crippen LogP contribution is -2.02. The first-order chi connectivity index (χ1) is 4.93. The predicted octanol–water partition coefficient (Wildman–Crippen LogP) is -1.27. The van der Waals surface area contributed by atoms with Gasteiger partial charge in [-0.1, -0.05) is 6.58 Å². The molecule has 1 aromatic heterocycles. The Bertz CT molecular complexity index is 172. The molecule has 0 amide bonds. The number of hydrazine groups is 1. The average Bonchev–Trinajstić information content (AvgIpc) is 2.10. The molecule has 1 rings (SSSR count). The van der Waals surface area contributed by atoms with E-state index in [0.29, 0.717) is 5.69 Å². The second-order valence-electron chi connectivity index (χ2n) is 1.15. The molecule has 0 radical (unpaired) electrons. The van der Waals surface area contributed by atoms with E-state index in [1.165, 1.54) is 6.20 Å². The Morgan fingerprint density at radius 2 is 2.10 bits per heavy atom. The zero-order valence-corrected chi connectivity index (χ0v) is 5.31. The quantitative estimate of drug-likeness (QED) is 0.372. The summed E-state index contributed by atoms with van der Waals surface area (Å²) >= 11 is 0. The molecule has 0 saturated carbocycles. The smallest absolute Gasteiger partial charge is 0.107 e. The minimum Gasteiger partial charge on any atom is -0.274 e. The van der Waals surface area contributed by atoms with Gasteiger partial charge in [0, 0.05) is 0 Å². The molecule has 6 nitrogen and oxygen atoms in total. The maximum atomic E-state index is 4.00. The van der Waals surface area contributed by atoms with E-state index in [9.17, 15) is 0 Å². The summed E-state index contributed by atoms with van der Waals surface area (Å²) in [4.78, 5) is 0. The first-order valence-corrected chi connectivity index (χ1v) is 2.40. The van der Waals surface area contributed by atoms with E-state index in [0.717, 1.165) is 0 Å². The molecule has 54 valence electrons. The van der Waals surface area contributed by atoms with Crippen LogP contribution in [0.3, 0.4) is 0 Å². The van der Waals surface area contributed by atoms with Crippen molar-refractivity contribution in [2.45, 2.75) is 0 Å². The first kappa shape index (κ1) is 8.60. The van der Waals surface area contributed by atoms with E-state index in [2.05, 4.69) is 38.9 Å². The number of nitrogens with zero attached hydrogens (tertiary/aromatic N) is 4. The minimum atomic E-state index is 0.639. The summed E-state index contributed by atoms with van der Waals surface area (Å²) in [6, 6.07) is 0. The molecule has 0 bridgehead atoms. The first-order valence-electron chi connectivity index (χ1n) is 2.40. The lowest BCUT2D eigenvalue weighted by Gasteiger charge is -1.80. The molecule has 0 aromatic carbocycles. The summed E-state index contributed by atoms with van der Waals surface area (Å²) < 4.78 is 0. The van der Waals surface area contributed by atoms with Gasteiger partial charge in [0.1, 0.15) is 5.69 Å². The summed E-state index contributed by atoms with van der Waals surface area (Å²) in [7, 11) is 0. The molecular weight excluding hydrogens is 132 g/mol. The van der Waals surface area contributed by atoms with Crippen LogP contribution in [0, 0.1) is 0 Å². The summed E-state index contributed by atoms with van der Waals surface area (Å²) in [6.45, 7) is 3.46. The Labute approximate surface area is 57.9 Å². The lowest BCUT2D eigenvalue weighted by atomic mass is 10.5. The molecule has 10 heavy (non-hydrogen) atoms. The molecular formula is C4H8N6. The van der Waals surface area contributed by atoms with Crippen LogP contribution in [-0.2, 0) is 0 Å². The van der Waals surface area contributed by atoms with Crippen molar-refractivity contribution < 1.29 is 0 Å². The highest BCUT2D eigenvalue weighted by atomic mass is 15.4. The Balaban J connectivity index is 0.000000371. The van der Waals surface area contributed by atoms with Gasteiger partial charge in [-0.25, -0.2) is 0 Å². The van der Waals surface area contributed by atoms with Gasteiger partial charge in [0.05, 0.1) is 6.20 Å². The molecule has 1 aromatic rings. The zero-order chi connectivity index (χ0) is 7.82. The summed E-state index contributed by atoms with van der Waals surface area (Å²) in [5.74, 6) is 8.00. The van der Waals surface area contributed by atoms with Crippen LogP contribution in [0.5, 0.6) is 0 Å². The van der Waals surface area contributed by atoms with Crippen LogP contribution in [0.4, 0.5) is 0 Å². The van der Waals surface area contributed by atoms with Crippen molar-refractivity contribution in [1.82, 2.24) is 20.6 Å². The molecule has 6 heteroatoms. The largest absolute Gasteiger partial charge is 0.274 e. The maximum absolute atomic E-state index is 4.00. The fourth-order valence-electron chi connectivity index (χ4n) is 0.299. The Hall–Kier alpha value is -1.40. The number of nitrogens with two attached hydrogens (primary N) is 2. The average molecular weight is 140 g/mol. The van der Waals surface area contributed by atoms with Gasteiger partial charge in [-0.05, 0) is 16.5 Å². The van der Waals surface area contributed by atoms with Crippen molar-refractivity contribution in [3.05, 3.63) is 18.5 Å². The zero-order valence-electron chi connectivity index (χ0n) is 5.31. The molecule has 4 N–H and O–H groups in total. The van der Waals surface area contributed by atoms with Crippen molar-refractivity contribution in [3.63, 3.8) is 0 Å². The van der Waals surface area contributed by atoms with Crippen molar-refractivity contribution >= 4 is 6.08 Å². The molecule has 0 unspecified atom stereocenters. The Morgan fingerprint density at radius 1 is 1.40 bits per heavy atom. The molecule has 0 saturated heterocycles. The lowest BCUT2D eigenvalue weighted by molar-refractivity contribution is 0.756. The van der Waals surface area contributed by atoms with Crippen LogP contribution in [0.2, 0.25) is 0 Å². The van der Waals surface area contributed by atoms with E-state index in [4.69, 9.17) is 0 Å². The van der Waals surface area contributed by atoms with E-state index >= 15 is 0 Å². The van der Waals surface area contributed by atoms with Crippen LogP contribution in [0.25, 0.3) is 6.08 Å². The van der Waals surface area contributed by atoms with Gasteiger partial charge in [0.15, 0.2) is 0 Å². The third-order valence-electron chi connectivity index (χ3n) is 0.651. The number of hydrogen-bond acceptors (Lipinski definition) is 6. The highest BCUT2D eigenvalue weighted by molar-refractivity contribution is 5.37. The summed E-state index contributed by atoms with van der Waals surface area (Å²) in [5, 5.41) is 13.5. The van der Waals surface area contributed by atoms with Crippen LogP contribution < -0.4 is 11.7 Å². The number of rotatable bonds is 1. The third kappa shape index (κ3) is 2.80. The molecule has 0 atom stereocenters. The normalized spacial score (nSPS) is 7.40. The van der Waals surface area contributed by atoms with Crippen LogP contribution in [0.15, 0.2) is 12.8 Å². The van der Waals surface area contributed by atoms with Crippen molar-refractivity contribution in [2.24, 2.45) is 11.7 Å². The molecule has 0 aliphatic heterocycles. The van der Waals surface area contributed by atoms with E-state index in [1.54, 1.807) is 6.08 Å². The fourth-order valence-corrected chi connectivity index (χ4v) is 0.299. The standard InChI is InChI=1S/C4H4N4.H4N2/c1-2-4-3-5-7-8-6-4;1-2/h2-3H,1H2;1-2H2. The van der Waals surface area contributed by atoms with Gasteiger partial charge < -0.3 is 0 Å². The van der Waals surface area contributed by atoms with E-state index in [-0.39, 0.29) is 0 Å². The highest BCUT2D eigenvalue weighted by Gasteiger charge is 1.81. The highest BCUT2D eigenvalue weighted by Crippen LogP contribution is 1.84. The number of hydrogen-bond donors (Lipinski definition) is 2. The van der Waals surface area contributed by atoms with Crippen molar-refractivity contribution in [3.8, 4) is 0 Å². The van der Waals surface area contributed by atoms with Crippen molar-refractivity contribution in [1.29, 1.82) is 0 Å². The van der Waals surface area contributed by atoms with Gasteiger partial charge in [-0.3, -0.25) is 11.7 Å². The molecule has 1 heterocycles. The van der Waals surface area contributed by atoms with Gasteiger partial charge in [0.25, 0.3) is 0 Å². The predicted molar refractivity (Wildman–Crippen MR) is 36.1 cm³/mol. The Morgan fingerprint density at radius 3 is 2.40 bits per heavy atom. The number of aromatic nitrogens is 4. The van der Waals surface area contributed by atoms with E-state index in [1.807, 2.05) is 0 Å². The van der Waals surface area contributed by atoms with Crippen LogP contribution in [-0.4, -0.2) is 20.6 Å². The third-order valence-corrected chi connectivity index (χ3v) is 0.651. The van der Waals surface area contributed by atoms with Gasteiger partial charge in [-0.2, -0.15) is 0 Å². The molecule has 0 aliphatic rings. The van der Waals surface area contributed by atoms with Gasteiger partial charge >= 0.3 is 0 Å². The molecule has 0 fully saturated rings. The van der Waals surface area contributed by atoms with Crippen molar-refractivity contribution in [2.75, 3.05) is 0 Å². The summed E-state index contributed by atoms with van der Waals surface area (Å²) in [5.41, 5.74) is 0.639. The Kier molecular flexibility index (Phi) is 4.93. The fraction of sp³-hybridized carbons (Fsp3) is 0. The maximum Gasteiger partial charge on any atom is 0.107 e. The molecule has 0 aliphatic carbocycles. The molecule has 0 spiro atoms. The van der Waals surface area contributed by atoms with Gasteiger partial charge in [0.2, 0.25) is 0 Å². The van der Waals surface area contributed by atoms with Crippen LogP contribution in [0.1, 0.15) is 5.69 Å². The minimum absolute atomic E-state index is 0.639. The summed E-state index contributed by atoms with van der Waals surface area (Å²) in [6.07, 6.45) is 3.04. The van der Waals surface area contributed by atoms with Crippen LogP contribution >= 0.6 is 0 Å². The topological polar surface area (TPSA) is 104 Å². The monoisotopic (exact) mass is 140 g/mol. The second kappa shape index (κ2) is 5.73. The SMILES string of the molecule is C=Cc1cnnnn1.NN. The van der Waals surface area contributed by atoms with Gasteiger partial charge in [-0.15, -0.1) is 10.2 Å². The van der Waals surface area contributed by atoms with E-state index < -0.39 is 0 Å².